The van der Waals surface area contributed by atoms with E-state index in [1.54, 1.807) is 53.7 Å². The molecule has 0 aromatic carbocycles. The van der Waals surface area contributed by atoms with Crippen molar-refractivity contribution in [2.75, 3.05) is 11.5 Å². The Morgan fingerprint density at radius 2 is 1.61 bits per heavy atom. The van der Waals surface area contributed by atoms with Crippen LogP contribution in [0.1, 0.15) is 54.4 Å². The molecule has 2 unspecified atom stereocenters. The minimum atomic E-state index is -4.55. The Bertz CT molecular complexity index is 749. The molecule has 0 saturated carbocycles. The van der Waals surface area contributed by atoms with E-state index in [4.69, 9.17) is 14.2 Å². The molecule has 0 aliphatic rings. The van der Waals surface area contributed by atoms with Crippen LogP contribution in [-0.4, -0.2) is 58.1 Å². The van der Waals surface area contributed by atoms with Crippen LogP contribution in [0.2, 0.25) is 0 Å². The number of alkyl halides is 3. The van der Waals surface area contributed by atoms with E-state index in [1.807, 2.05) is 0 Å². The number of nitrogens with zero attached hydrogens (tertiary/aromatic N) is 1. The molecule has 7 nitrogen and oxygen atoms in total. The van der Waals surface area contributed by atoms with E-state index in [9.17, 15) is 22.8 Å². The summed E-state index contributed by atoms with van der Waals surface area (Å²) in [7, 11) is 0. The molecule has 1 aromatic heterocycles. The van der Waals surface area contributed by atoms with Crippen molar-refractivity contribution in [1.82, 2.24) is 10.3 Å². The van der Waals surface area contributed by atoms with Gasteiger partial charge in [-0.05, 0) is 65.5 Å². The first-order valence-electron chi connectivity index (χ1n) is 10.5. The SMILES string of the molecule is CC(C)(C)OC(=O)NC(CCSCCC(Oc1ccccn1)C(F)(F)F)C(=O)OC(C)(C)C. The van der Waals surface area contributed by atoms with E-state index in [0.29, 0.717) is 5.75 Å². The summed E-state index contributed by atoms with van der Waals surface area (Å²) in [4.78, 5) is 28.4. The number of alkyl carbamates (subject to hydrolysis) is 1. The van der Waals surface area contributed by atoms with Gasteiger partial charge in [0, 0.05) is 18.7 Å². The molecule has 0 radical (unpaired) electrons. The molecule has 1 aromatic rings. The summed E-state index contributed by atoms with van der Waals surface area (Å²) in [6, 6.07) is 3.49. The zero-order valence-electron chi connectivity index (χ0n) is 19.8. The van der Waals surface area contributed by atoms with Crippen molar-refractivity contribution in [3.8, 4) is 5.88 Å². The average molecular weight is 495 g/mol. The lowest BCUT2D eigenvalue weighted by atomic mass is 10.1. The Labute approximate surface area is 197 Å². The lowest BCUT2D eigenvalue weighted by Crippen LogP contribution is -2.46. The minimum absolute atomic E-state index is 0.101. The van der Waals surface area contributed by atoms with Crippen LogP contribution in [0.4, 0.5) is 18.0 Å². The molecule has 1 heterocycles. The van der Waals surface area contributed by atoms with Crippen LogP contribution in [-0.2, 0) is 14.3 Å². The second-order valence-electron chi connectivity index (χ2n) is 9.24. The van der Waals surface area contributed by atoms with Gasteiger partial charge in [-0.15, -0.1) is 0 Å². The quantitative estimate of drug-likeness (QED) is 0.356. The predicted molar refractivity (Wildman–Crippen MR) is 120 cm³/mol. The van der Waals surface area contributed by atoms with E-state index in [2.05, 4.69) is 10.3 Å². The third-order valence-electron chi connectivity index (χ3n) is 3.72. The number of ether oxygens (including phenoxy) is 3. The second kappa shape index (κ2) is 12.3. The zero-order chi connectivity index (χ0) is 25.3. The second-order valence-corrected chi connectivity index (χ2v) is 10.5. The van der Waals surface area contributed by atoms with E-state index >= 15 is 0 Å². The summed E-state index contributed by atoms with van der Waals surface area (Å²) in [5, 5.41) is 2.49. The lowest BCUT2D eigenvalue weighted by molar-refractivity contribution is -0.196. The fourth-order valence-electron chi connectivity index (χ4n) is 2.42. The smallest absolute Gasteiger partial charge is 0.425 e. The number of amides is 1. The van der Waals surface area contributed by atoms with Gasteiger partial charge >= 0.3 is 18.2 Å². The number of pyridine rings is 1. The van der Waals surface area contributed by atoms with Crippen molar-refractivity contribution in [3.63, 3.8) is 0 Å². The van der Waals surface area contributed by atoms with Crippen LogP contribution in [0.3, 0.4) is 0 Å². The van der Waals surface area contributed by atoms with Gasteiger partial charge in [0.2, 0.25) is 5.88 Å². The highest BCUT2D eigenvalue weighted by Gasteiger charge is 2.41. The third kappa shape index (κ3) is 13.2. The van der Waals surface area contributed by atoms with Crippen LogP contribution in [0.25, 0.3) is 0 Å². The number of rotatable bonds is 10. The summed E-state index contributed by atoms with van der Waals surface area (Å²) in [5.41, 5.74) is -1.52. The maximum Gasteiger partial charge on any atom is 0.425 e. The van der Waals surface area contributed by atoms with Crippen molar-refractivity contribution < 1.29 is 37.0 Å². The Balaban J connectivity index is 2.62. The van der Waals surface area contributed by atoms with Gasteiger partial charge in [0.05, 0.1) is 0 Å². The van der Waals surface area contributed by atoms with E-state index in [-0.39, 0.29) is 24.5 Å². The highest BCUT2D eigenvalue weighted by molar-refractivity contribution is 7.99. The highest BCUT2D eigenvalue weighted by Crippen LogP contribution is 2.28. The van der Waals surface area contributed by atoms with Crippen molar-refractivity contribution >= 4 is 23.8 Å². The summed E-state index contributed by atoms with van der Waals surface area (Å²) in [6.45, 7) is 10.2. The van der Waals surface area contributed by atoms with Crippen molar-refractivity contribution in [2.24, 2.45) is 0 Å². The number of carbonyl (C=O) groups excluding carboxylic acids is 2. The number of nitrogens with one attached hydrogen (secondary N) is 1. The first-order valence-corrected chi connectivity index (χ1v) is 11.7. The summed E-state index contributed by atoms with van der Waals surface area (Å²) < 4.78 is 55.4. The monoisotopic (exact) mass is 494 g/mol. The molecule has 0 aliphatic carbocycles. The fraction of sp³-hybridized carbons (Fsp3) is 0.682. The topological polar surface area (TPSA) is 86.8 Å². The number of carbonyl (C=O) groups is 2. The van der Waals surface area contributed by atoms with Crippen molar-refractivity contribution in [3.05, 3.63) is 24.4 Å². The van der Waals surface area contributed by atoms with Crippen LogP contribution in [0, 0.1) is 0 Å². The van der Waals surface area contributed by atoms with Gasteiger partial charge in [0.1, 0.15) is 17.2 Å². The van der Waals surface area contributed by atoms with Crippen LogP contribution >= 0.6 is 11.8 Å². The Hall–Kier alpha value is -2.17. The number of aromatic nitrogens is 1. The first kappa shape index (κ1) is 28.9. The lowest BCUT2D eigenvalue weighted by Gasteiger charge is -2.26. The van der Waals surface area contributed by atoms with Gasteiger partial charge in [0.25, 0.3) is 0 Å². The number of thioether (sulfide) groups is 1. The molecule has 1 N–H and O–H groups in total. The minimum Gasteiger partial charge on any atom is -0.465 e. The molecule has 0 spiro atoms. The maximum atomic E-state index is 13.3. The van der Waals surface area contributed by atoms with Gasteiger partial charge in [-0.1, -0.05) is 6.07 Å². The molecule has 0 fully saturated rings. The Morgan fingerprint density at radius 1 is 1.00 bits per heavy atom. The molecular formula is C22H33F3N2O5S. The summed E-state index contributed by atoms with van der Waals surface area (Å²) in [6.07, 6.45) is -6.09. The van der Waals surface area contributed by atoms with Gasteiger partial charge in [-0.2, -0.15) is 24.9 Å². The number of esters is 1. The predicted octanol–water partition coefficient (Wildman–Crippen LogP) is 5.14. The van der Waals surface area contributed by atoms with E-state index in [1.165, 1.54) is 24.0 Å². The van der Waals surface area contributed by atoms with Crippen LogP contribution < -0.4 is 10.1 Å². The van der Waals surface area contributed by atoms with Gasteiger partial charge in [0.15, 0.2) is 6.10 Å². The summed E-state index contributed by atoms with van der Waals surface area (Å²) >= 11 is 1.21. The van der Waals surface area contributed by atoms with E-state index in [0.717, 1.165) is 0 Å². The molecule has 1 amide bonds. The zero-order valence-corrected chi connectivity index (χ0v) is 20.6. The molecule has 2 atom stereocenters. The summed E-state index contributed by atoms with van der Waals surface area (Å²) in [5.74, 6) is -0.296. The number of hydrogen-bond donors (Lipinski definition) is 1. The van der Waals surface area contributed by atoms with E-state index < -0.39 is 41.6 Å². The van der Waals surface area contributed by atoms with Gasteiger partial charge < -0.3 is 19.5 Å². The Kier molecular flexibility index (Phi) is 10.8. The van der Waals surface area contributed by atoms with Crippen molar-refractivity contribution in [2.45, 2.75) is 83.9 Å². The fourth-order valence-corrected chi connectivity index (χ4v) is 3.40. The van der Waals surface area contributed by atoms with Crippen LogP contribution in [0.15, 0.2) is 24.4 Å². The molecule has 0 bridgehead atoms. The molecular weight excluding hydrogens is 461 g/mol. The first-order chi connectivity index (χ1) is 15.1. The van der Waals surface area contributed by atoms with Gasteiger partial charge in [-0.25, -0.2) is 14.6 Å². The largest absolute Gasteiger partial charge is 0.465 e. The van der Waals surface area contributed by atoms with Gasteiger partial charge in [-0.3, -0.25) is 0 Å². The molecule has 11 heteroatoms. The van der Waals surface area contributed by atoms with Crippen molar-refractivity contribution in [1.29, 1.82) is 0 Å². The normalized spacial score (nSPS) is 14.2. The molecule has 0 aliphatic heterocycles. The average Bonchev–Trinajstić information content (AvgIpc) is 2.63. The molecule has 1 rings (SSSR count). The maximum absolute atomic E-state index is 13.3. The molecule has 33 heavy (non-hydrogen) atoms. The molecule has 188 valence electrons. The highest BCUT2D eigenvalue weighted by atomic mass is 32.2. The Morgan fingerprint density at radius 3 is 2.12 bits per heavy atom. The number of halogens is 3. The number of hydrogen-bond acceptors (Lipinski definition) is 7. The standard InChI is InChI=1S/C22H33F3N2O5S/c1-20(2,3)31-18(28)15(27-19(29)32-21(4,5)6)10-13-33-14-11-16(22(23,24)25)30-17-9-7-8-12-26-17/h7-9,12,15-16H,10-11,13-14H2,1-6H3,(H,27,29). The molecule has 0 saturated heterocycles. The third-order valence-corrected chi connectivity index (χ3v) is 4.77. The van der Waals surface area contributed by atoms with Crippen LogP contribution in [0.5, 0.6) is 5.88 Å².